The van der Waals surface area contributed by atoms with Crippen molar-refractivity contribution < 1.29 is 27.8 Å². The van der Waals surface area contributed by atoms with Crippen LogP contribution >= 0.6 is 0 Å². The minimum atomic E-state index is -3.89. The van der Waals surface area contributed by atoms with Crippen molar-refractivity contribution in [3.05, 3.63) is 23.8 Å². The highest BCUT2D eigenvalue weighted by atomic mass is 32.2. The number of benzene rings is 1. The first-order valence-corrected chi connectivity index (χ1v) is 9.56. The van der Waals surface area contributed by atoms with Gasteiger partial charge in [-0.15, -0.1) is 0 Å². The quantitative estimate of drug-likeness (QED) is 0.598. The van der Waals surface area contributed by atoms with Crippen molar-refractivity contribution in [3.63, 3.8) is 0 Å². The Hall–Kier alpha value is -1.68. The second-order valence-electron chi connectivity index (χ2n) is 6.00. The standard InChI is InChI=1S/C16H24N2O6S/c1-11(10-23-2)18-14-6-5-12(16(19)20)8-15(14)25(21,22)17-9-13-4-3-7-24-13/h5-6,8,11,13,17-18H,3-4,7,9-10H2,1-2H3,(H,19,20)/t11-,13-/m0/s1. The zero-order chi connectivity index (χ0) is 18.4. The highest BCUT2D eigenvalue weighted by molar-refractivity contribution is 7.89. The van der Waals surface area contributed by atoms with Gasteiger partial charge < -0.3 is 19.9 Å². The number of ether oxygens (including phenoxy) is 2. The summed E-state index contributed by atoms with van der Waals surface area (Å²) in [4.78, 5) is 11.1. The highest BCUT2D eigenvalue weighted by Gasteiger charge is 2.24. The van der Waals surface area contributed by atoms with Crippen LogP contribution in [-0.2, 0) is 19.5 Å². The predicted molar refractivity (Wildman–Crippen MR) is 92.5 cm³/mol. The van der Waals surface area contributed by atoms with Gasteiger partial charge in [-0.2, -0.15) is 0 Å². The molecule has 9 heteroatoms. The van der Waals surface area contributed by atoms with Gasteiger partial charge >= 0.3 is 5.97 Å². The van der Waals surface area contributed by atoms with E-state index in [0.29, 0.717) is 18.9 Å². The first-order chi connectivity index (χ1) is 11.8. The van der Waals surface area contributed by atoms with Crippen molar-refractivity contribution in [2.24, 2.45) is 0 Å². The Morgan fingerprint density at radius 3 is 2.84 bits per heavy atom. The molecule has 0 saturated carbocycles. The molecular formula is C16H24N2O6S. The van der Waals surface area contributed by atoms with Gasteiger partial charge in [0.05, 0.1) is 24.0 Å². The largest absolute Gasteiger partial charge is 0.478 e. The number of methoxy groups -OCH3 is 1. The topological polar surface area (TPSA) is 114 Å². The summed E-state index contributed by atoms with van der Waals surface area (Å²) in [6.07, 6.45) is 1.55. The Kier molecular flexibility index (Phi) is 6.77. The minimum Gasteiger partial charge on any atom is -0.478 e. The molecule has 25 heavy (non-hydrogen) atoms. The molecule has 1 heterocycles. The third-order valence-corrected chi connectivity index (χ3v) is 5.33. The molecule has 0 radical (unpaired) electrons. The van der Waals surface area contributed by atoms with E-state index in [1.165, 1.54) is 12.1 Å². The molecule has 0 spiro atoms. The minimum absolute atomic E-state index is 0.0950. The van der Waals surface area contributed by atoms with E-state index in [4.69, 9.17) is 14.6 Å². The smallest absolute Gasteiger partial charge is 0.335 e. The molecule has 1 aromatic carbocycles. The summed E-state index contributed by atoms with van der Waals surface area (Å²) in [7, 11) is -2.34. The average Bonchev–Trinajstić information content (AvgIpc) is 3.07. The van der Waals surface area contributed by atoms with E-state index in [9.17, 15) is 13.2 Å². The van der Waals surface area contributed by atoms with E-state index in [1.54, 1.807) is 7.11 Å². The molecule has 2 atom stereocenters. The van der Waals surface area contributed by atoms with Crippen molar-refractivity contribution in [1.29, 1.82) is 0 Å². The van der Waals surface area contributed by atoms with E-state index in [-0.39, 0.29) is 29.1 Å². The Balaban J connectivity index is 2.26. The summed E-state index contributed by atoms with van der Waals surface area (Å²) in [6, 6.07) is 3.83. The maximum atomic E-state index is 12.7. The third kappa shape index (κ3) is 5.40. The monoisotopic (exact) mass is 372 g/mol. The van der Waals surface area contributed by atoms with Crippen LogP contribution in [0.4, 0.5) is 5.69 Å². The van der Waals surface area contributed by atoms with E-state index >= 15 is 0 Å². The van der Waals surface area contributed by atoms with Gasteiger partial charge in [-0.3, -0.25) is 0 Å². The van der Waals surface area contributed by atoms with Gasteiger partial charge in [0.2, 0.25) is 10.0 Å². The van der Waals surface area contributed by atoms with Gasteiger partial charge in [0.1, 0.15) is 4.90 Å². The fraction of sp³-hybridized carbons (Fsp3) is 0.562. The van der Waals surface area contributed by atoms with Crippen LogP contribution in [0.25, 0.3) is 0 Å². The second-order valence-corrected chi connectivity index (χ2v) is 7.74. The lowest BCUT2D eigenvalue weighted by atomic mass is 10.2. The Morgan fingerprint density at radius 2 is 2.24 bits per heavy atom. The van der Waals surface area contributed by atoms with Crippen molar-refractivity contribution in [2.45, 2.75) is 36.8 Å². The number of carboxylic acids is 1. The number of carbonyl (C=O) groups is 1. The van der Waals surface area contributed by atoms with Crippen molar-refractivity contribution in [2.75, 3.05) is 32.2 Å². The number of sulfonamides is 1. The summed E-state index contributed by atoms with van der Waals surface area (Å²) in [5, 5.41) is 12.2. The van der Waals surface area contributed by atoms with Gasteiger partial charge in [-0.1, -0.05) is 0 Å². The first-order valence-electron chi connectivity index (χ1n) is 8.07. The van der Waals surface area contributed by atoms with Gasteiger partial charge in [0.15, 0.2) is 0 Å². The lowest BCUT2D eigenvalue weighted by molar-refractivity contribution is 0.0696. The Labute approximate surface area is 147 Å². The zero-order valence-electron chi connectivity index (χ0n) is 14.3. The highest BCUT2D eigenvalue weighted by Crippen LogP contribution is 2.24. The normalized spacial score (nSPS) is 18.9. The number of nitrogens with one attached hydrogen (secondary N) is 2. The SMILES string of the molecule is COC[C@H](C)Nc1ccc(C(=O)O)cc1S(=O)(=O)NC[C@@H]1CCCO1. The summed E-state index contributed by atoms with van der Waals surface area (Å²) in [5.74, 6) is -1.19. The number of carboxylic acid groups (broad SMARTS) is 1. The molecule has 1 aliphatic heterocycles. The van der Waals surface area contributed by atoms with Gasteiger partial charge in [-0.25, -0.2) is 17.9 Å². The first kappa shape index (κ1) is 19.6. The molecule has 3 N–H and O–H groups in total. The molecule has 0 unspecified atom stereocenters. The summed E-state index contributed by atoms with van der Waals surface area (Å²) < 4.78 is 38.4. The van der Waals surface area contributed by atoms with Crippen LogP contribution in [0.1, 0.15) is 30.1 Å². The molecule has 0 bridgehead atoms. The number of anilines is 1. The third-order valence-electron chi connectivity index (χ3n) is 3.86. The zero-order valence-corrected chi connectivity index (χ0v) is 15.1. The molecule has 0 amide bonds. The molecular weight excluding hydrogens is 348 g/mol. The lowest BCUT2D eigenvalue weighted by Gasteiger charge is -2.19. The summed E-state index contributed by atoms with van der Waals surface area (Å²) >= 11 is 0. The number of rotatable bonds is 9. The van der Waals surface area contributed by atoms with E-state index in [1.807, 2.05) is 6.92 Å². The van der Waals surface area contributed by atoms with Gasteiger partial charge in [0.25, 0.3) is 0 Å². The molecule has 1 aromatic rings. The number of hydrogen-bond acceptors (Lipinski definition) is 6. The maximum Gasteiger partial charge on any atom is 0.335 e. The average molecular weight is 372 g/mol. The van der Waals surface area contributed by atoms with Crippen molar-refractivity contribution >= 4 is 21.7 Å². The van der Waals surface area contributed by atoms with Crippen LogP contribution in [-0.4, -0.2) is 58.5 Å². The van der Waals surface area contributed by atoms with Crippen molar-refractivity contribution in [1.82, 2.24) is 4.72 Å². The van der Waals surface area contributed by atoms with Crippen LogP contribution in [0.2, 0.25) is 0 Å². The lowest BCUT2D eigenvalue weighted by Crippen LogP contribution is -2.33. The Bertz CT molecular complexity index is 701. The number of aromatic carboxylic acids is 1. The van der Waals surface area contributed by atoms with Gasteiger partial charge in [0, 0.05) is 26.3 Å². The van der Waals surface area contributed by atoms with Crippen LogP contribution in [0, 0.1) is 0 Å². The van der Waals surface area contributed by atoms with E-state index in [0.717, 1.165) is 18.9 Å². The van der Waals surface area contributed by atoms with Crippen LogP contribution in [0.15, 0.2) is 23.1 Å². The van der Waals surface area contributed by atoms with E-state index in [2.05, 4.69) is 10.0 Å². The molecule has 8 nitrogen and oxygen atoms in total. The molecule has 0 aromatic heterocycles. The fourth-order valence-corrected chi connectivity index (χ4v) is 3.90. The maximum absolute atomic E-state index is 12.7. The summed E-state index contributed by atoms with van der Waals surface area (Å²) in [6.45, 7) is 3.00. The molecule has 1 aliphatic rings. The second kappa shape index (κ2) is 8.61. The molecule has 2 rings (SSSR count). The molecule has 140 valence electrons. The Morgan fingerprint density at radius 1 is 1.48 bits per heavy atom. The summed E-state index contributed by atoms with van der Waals surface area (Å²) in [5.41, 5.74) is 0.233. The van der Waals surface area contributed by atoms with Gasteiger partial charge in [-0.05, 0) is 38.0 Å². The molecule has 0 aliphatic carbocycles. The van der Waals surface area contributed by atoms with Crippen molar-refractivity contribution in [3.8, 4) is 0 Å². The van der Waals surface area contributed by atoms with Crippen LogP contribution < -0.4 is 10.0 Å². The number of hydrogen-bond donors (Lipinski definition) is 3. The van der Waals surface area contributed by atoms with Crippen LogP contribution in [0.3, 0.4) is 0 Å². The predicted octanol–water partition coefficient (Wildman–Crippen LogP) is 1.29. The van der Waals surface area contributed by atoms with Crippen LogP contribution in [0.5, 0.6) is 0 Å². The fourth-order valence-electron chi connectivity index (χ4n) is 2.64. The molecule has 1 saturated heterocycles. The molecule has 1 fully saturated rings. The van der Waals surface area contributed by atoms with E-state index < -0.39 is 16.0 Å².